The van der Waals surface area contributed by atoms with Gasteiger partial charge in [0.15, 0.2) is 0 Å². The summed E-state index contributed by atoms with van der Waals surface area (Å²) in [5.41, 5.74) is 3.29. The van der Waals surface area contributed by atoms with Crippen molar-refractivity contribution in [3.05, 3.63) is 74.4 Å². The lowest BCUT2D eigenvalue weighted by Crippen LogP contribution is -2.19. The molecule has 1 N–H and O–H groups in total. The van der Waals surface area contributed by atoms with Crippen LogP contribution in [0.3, 0.4) is 0 Å². The Morgan fingerprint density at radius 2 is 2.17 bits per heavy atom. The van der Waals surface area contributed by atoms with Crippen molar-refractivity contribution < 1.29 is 13.9 Å². The van der Waals surface area contributed by atoms with E-state index in [1.54, 1.807) is 22.9 Å². The maximum absolute atomic E-state index is 13.5. The molecule has 29 heavy (non-hydrogen) atoms. The summed E-state index contributed by atoms with van der Waals surface area (Å²) in [6.07, 6.45) is 2.41. The van der Waals surface area contributed by atoms with E-state index in [9.17, 15) is 9.18 Å². The second-order valence-electron chi connectivity index (χ2n) is 6.75. The largest absolute Gasteiger partial charge is 0.493 e. The SMILES string of the molecule is COc1cn(Cc2ccc(F)c(Cl)c2)c(Nc2ccc3c(c2C)CCO3)nc1=O. The van der Waals surface area contributed by atoms with Crippen LogP contribution in [0.2, 0.25) is 5.02 Å². The van der Waals surface area contributed by atoms with Gasteiger partial charge in [-0.1, -0.05) is 17.7 Å². The number of aromatic nitrogens is 2. The molecule has 0 saturated carbocycles. The Morgan fingerprint density at radius 3 is 2.93 bits per heavy atom. The molecule has 0 atom stereocenters. The van der Waals surface area contributed by atoms with Crippen LogP contribution in [0, 0.1) is 12.7 Å². The first-order valence-corrected chi connectivity index (χ1v) is 9.45. The second kappa shape index (κ2) is 7.75. The van der Waals surface area contributed by atoms with E-state index in [0.29, 0.717) is 19.1 Å². The first-order valence-electron chi connectivity index (χ1n) is 9.08. The van der Waals surface area contributed by atoms with Crippen LogP contribution >= 0.6 is 11.6 Å². The topological polar surface area (TPSA) is 65.4 Å². The quantitative estimate of drug-likeness (QED) is 0.680. The second-order valence-corrected chi connectivity index (χ2v) is 7.16. The molecular weight excluding hydrogens is 397 g/mol. The maximum atomic E-state index is 13.5. The molecular formula is C21H19ClFN3O3. The van der Waals surface area contributed by atoms with Crippen LogP contribution in [0.4, 0.5) is 16.0 Å². The summed E-state index contributed by atoms with van der Waals surface area (Å²) in [5.74, 6) is 0.857. The van der Waals surface area contributed by atoms with Gasteiger partial charge in [0.1, 0.15) is 11.6 Å². The zero-order valence-corrected chi connectivity index (χ0v) is 16.7. The van der Waals surface area contributed by atoms with Crippen molar-refractivity contribution in [3.8, 4) is 11.5 Å². The molecule has 0 spiro atoms. The average molecular weight is 416 g/mol. The van der Waals surface area contributed by atoms with Crippen molar-refractivity contribution in [2.75, 3.05) is 19.0 Å². The number of benzene rings is 2. The van der Waals surface area contributed by atoms with Gasteiger partial charge < -0.3 is 19.4 Å². The highest BCUT2D eigenvalue weighted by Crippen LogP contribution is 2.33. The summed E-state index contributed by atoms with van der Waals surface area (Å²) in [5, 5.41) is 3.28. The lowest BCUT2D eigenvalue weighted by Gasteiger charge is -2.17. The van der Waals surface area contributed by atoms with E-state index in [1.165, 1.54) is 13.2 Å². The van der Waals surface area contributed by atoms with Gasteiger partial charge in [-0.05, 0) is 42.3 Å². The Morgan fingerprint density at radius 1 is 1.34 bits per heavy atom. The van der Waals surface area contributed by atoms with E-state index in [1.807, 2.05) is 19.1 Å². The standard InChI is InChI=1S/C21H19ClFN3O3/c1-12-14-7-8-29-18(14)6-5-17(12)24-21-25-20(27)19(28-2)11-26(21)10-13-3-4-16(23)15(22)9-13/h3-6,9,11H,7-8,10H2,1-2H3,(H,24,25,27). The number of hydrogen-bond acceptors (Lipinski definition) is 5. The molecule has 0 fully saturated rings. The molecule has 1 aromatic heterocycles. The van der Waals surface area contributed by atoms with Crippen molar-refractivity contribution in [3.63, 3.8) is 0 Å². The van der Waals surface area contributed by atoms with Crippen LogP contribution < -0.4 is 20.3 Å². The number of nitrogens with zero attached hydrogens (tertiary/aromatic N) is 2. The summed E-state index contributed by atoms with van der Waals surface area (Å²) in [6, 6.07) is 8.29. The molecule has 150 valence electrons. The highest BCUT2D eigenvalue weighted by atomic mass is 35.5. The molecule has 0 unspecified atom stereocenters. The van der Waals surface area contributed by atoms with Crippen molar-refractivity contribution in [1.29, 1.82) is 0 Å². The third kappa shape index (κ3) is 3.78. The predicted molar refractivity (Wildman–Crippen MR) is 109 cm³/mol. The zero-order chi connectivity index (χ0) is 20.5. The fourth-order valence-corrected chi connectivity index (χ4v) is 3.57. The number of methoxy groups -OCH3 is 1. The van der Waals surface area contributed by atoms with Crippen molar-refractivity contribution in [2.45, 2.75) is 19.9 Å². The van der Waals surface area contributed by atoms with Gasteiger partial charge in [0.2, 0.25) is 11.7 Å². The minimum absolute atomic E-state index is 0.0347. The normalized spacial score (nSPS) is 12.4. The van der Waals surface area contributed by atoms with Gasteiger partial charge in [0.25, 0.3) is 0 Å². The molecule has 0 aliphatic carbocycles. The summed E-state index contributed by atoms with van der Waals surface area (Å²) in [4.78, 5) is 16.4. The number of nitrogens with one attached hydrogen (secondary N) is 1. The van der Waals surface area contributed by atoms with E-state index in [0.717, 1.165) is 34.5 Å². The minimum Gasteiger partial charge on any atom is -0.493 e. The monoisotopic (exact) mass is 415 g/mol. The molecule has 3 aromatic rings. The number of anilines is 2. The first kappa shape index (κ1) is 19.3. The molecule has 8 heteroatoms. The van der Waals surface area contributed by atoms with Crippen molar-refractivity contribution in [2.24, 2.45) is 0 Å². The van der Waals surface area contributed by atoms with Crippen LogP contribution in [0.25, 0.3) is 0 Å². The molecule has 6 nitrogen and oxygen atoms in total. The molecule has 2 aromatic carbocycles. The van der Waals surface area contributed by atoms with Crippen molar-refractivity contribution >= 4 is 23.2 Å². The summed E-state index contributed by atoms with van der Waals surface area (Å²) in [7, 11) is 1.41. The summed E-state index contributed by atoms with van der Waals surface area (Å²) in [6.45, 7) is 2.98. The van der Waals surface area contributed by atoms with Crippen LogP contribution in [0.1, 0.15) is 16.7 Å². The summed E-state index contributed by atoms with van der Waals surface area (Å²) >= 11 is 5.91. The van der Waals surface area contributed by atoms with Crippen LogP contribution in [-0.2, 0) is 13.0 Å². The third-order valence-electron chi connectivity index (χ3n) is 4.93. The highest BCUT2D eigenvalue weighted by molar-refractivity contribution is 6.30. The molecule has 1 aliphatic rings. The number of fused-ring (bicyclic) bond motifs is 1. The smallest absolute Gasteiger partial charge is 0.316 e. The maximum Gasteiger partial charge on any atom is 0.316 e. The molecule has 0 saturated heterocycles. The summed E-state index contributed by atoms with van der Waals surface area (Å²) < 4.78 is 26.0. The van der Waals surface area contributed by atoms with Gasteiger partial charge in [-0.15, -0.1) is 0 Å². The Hall–Kier alpha value is -3.06. The Labute approximate surface area is 171 Å². The van der Waals surface area contributed by atoms with Gasteiger partial charge in [0.05, 0.1) is 31.5 Å². The molecule has 1 aliphatic heterocycles. The molecule has 4 rings (SSSR count). The van der Waals surface area contributed by atoms with E-state index in [2.05, 4.69) is 10.3 Å². The Kier molecular flexibility index (Phi) is 5.15. The fraction of sp³-hybridized carbons (Fsp3) is 0.238. The Bertz CT molecular complexity index is 1150. The predicted octanol–water partition coefficient (Wildman–Crippen LogP) is 4.08. The van der Waals surface area contributed by atoms with Gasteiger partial charge in [-0.2, -0.15) is 4.98 Å². The van der Waals surface area contributed by atoms with Gasteiger partial charge in [-0.25, -0.2) is 4.39 Å². The number of hydrogen-bond donors (Lipinski definition) is 1. The molecule has 0 bridgehead atoms. The molecule has 0 amide bonds. The lowest BCUT2D eigenvalue weighted by atomic mass is 10.0. The molecule has 0 radical (unpaired) electrons. The minimum atomic E-state index is -0.486. The number of ether oxygens (including phenoxy) is 2. The van der Waals surface area contributed by atoms with E-state index < -0.39 is 11.4 Å². The average Bonchev–Trinajstić information content (AvgIpc) is 3.18. The molecule has 2 heterocycles. The van der Waals surface area contributed by atoms with Crippen LogP contribution in [0.5, 0.6) is 11.5 Å². The van der Waals surface area contributed by atoms with Gasteiger partial charge >= 0.3 is 5.56 Å². The fourth-order valence-electron chi connectivity index (χ4n) is 3.37. The lowest BCUT2D eigenvalue weighted by molar-refractivity contribution is 0.357. The zero-order valence-electron chi connectivity index (χ0n) is 16.0. The van der Waals surface area contributed by atoms with Crippen molar-refractivity contribution in [1.82, 2.24) is 9.55 Å². The van der Waals surface area contributed by atoms with E-state index in [-0.39, 0.29) is 10.8 Å². The van der Waals surface area contributed by atoms with Gasteiger partial charge in [-0.3, -0.25) is 4.79 Å². The third-order valence-corrected chi connectivity index (χ3v) is 5.22. The van der Waals surface area contributed by atoms with E-state index in [4.69, 9.17) is 21.1 Å². The Balaban J connectivity index is 1.73. The van der Waals surface area contributed by atoms with Gasteiger partial charge in [0, 0.05) is 17.7 Å². The number of halogens is 2. The van der Waals surface area contributed by atoms with Crippen LogP contribution in [-0.4, -0.2) is 23.3 Å². The van der Waals surface area contributed by atoms with E-state index >= 15 is 0 Å². The number of rotatable bonds is 5. The first-order chi connectivity index (χ1) is 14.0. The van der Waals surface area contributed by atoms with Crippen LogP contribution in [0.15, 0.2) is 41.3 Å². The highest BCUT2D eigenvalue weighted by Gasteiger charge is 2.18.